The third-order valence-electron chi connectivity index (χ3n) is 6.77. The van der Waals surface area contributed by atoms with Gasteiger partial charge in [0.15, 0.2) is 11.5 Å². The van der Waals surface area contributed by atoms with Crippen LogP contribution >= 0.6 is 0 Å². The fourth-order valence-electron chi connectivity index (χ4n) is 4.76. The first-order valence-corrected chi connectivity index (χ1v) is 12.5. The van der Waals surface area contributed by atoms with Gasteiger partial charge in [0.25, 0.3) is 0 Å². The van der Waals surface area contributed by atoms with E-state index in [0.29, 0.717) is 24.4 Å². The first kappa shape index (κ1) is 25.6. The number of benzene rings is 4. The minimum absolute atomic E-state index is 0.100. The van der Waals surface area contributed by atoms with Gasteiger partial charge in [-0.15, -0.1) is 0 Å². The van der Waals surface area contributed by atoms with E-state index in [4.69, 9.17) is 9.47 Å². The number of methoxy groups -OCH3 is 2. The minimum atomic E-state index is -0.121. The molecule has 0 aromatic heterocycles. The zero-order valence-electron chi connectivity index (χ0n) is 21.7. The van der Waals surface area contributed by atoms with E-state index in [-0.39, 0.29) is 17.3 Å². The van der Waals surface area contributed by atoms with Gasteiger partial charge in [-0.1, -0.05) is 66.7 Å². The molecule has 0 spiro atoms. The SMILES string of the molecule is COC1=C(c2ccccc2)NCc2c1ccc(O)c2O.COc1ccc2c(c1)C(O)=C(c1ccccc1)NC2. The van der Waals surface area contributed by atoms with E-state index >= 15 is 0 Å². The average Bonchev–Trinajstić information content (AvgIpc) is 2.99. The van der Waals surface area contributed by atoms with E-state index in [2.05, 4.69) is 10.6 Å². The summed E-state index contributed by atoms with van der Waals surface area (Å²) in [6.45, 7) is 1.14. The molecular formula is C32H30N2O5. The van der Waals surface area contributed by atoms with Gasteiger partial charge in [-0.3, -0.25) is 0 Å². The summed E-state index contributed by atoms with van der Waals surface area (Å²) in [5.41, 5.74) is 6.97. The number of aliphatic hydroxyl groups is 1. The molecule has 5 N–H and O–H groups in total. The Hall–Kier alpha value is -5.04. The molecule has 0 radical (unpaired) electrons. The van der Waals surface area contributed by atoms with Crippen molar-refractivity contribution in [3.63, 3.8) is 0 Å². The van der Waals surface area contributed by atoms with E-state index < -0.39 is 0 Å². The van der Waals surface area contributed by atoms with Crippen LogP contribution in [0.1, 0.15) is 33.4 Å². The number of aromatic hydroxyl groups is 2. The van der Waals surface area contributed by atoms with Crippen LogP contribution in [0.5, 0.6) is 17.2 Å². The van der Waals surface area contributed by atoms with Gasteiger partial charge in [0, 0.05) is 40.9 Å². The highest BCUT2D eigenvalue weighted by Gasteiger charge is 2.24. The summed E-state index contributed by atoms with van der Waals surface area (Å²) < 4.78 is 10.7. The van der Waals surface area contributed by atoms with Gasteiger partial charge in [0.2, 0.25) is 0 Å². The van der Waals surface area contributed by atoms with Crippen molar-refractivity contribution in [1.82, 2.24) is 10.6 Å². The van der Waals surface area contributed by atoms with Crippen LogP contribution < -0.4 is 15.4 Å². The monoisotopic (exact) mass is 522 g/mol. The Morgan fingerprint density at radius 3 is 1.92 bits per heavy atom. The van der Waals surface area contributed by atoms with Crippen LogP contribution in [-0.2, 0) is 17.8 Å². The quantitative estimate of drug-likeness (QED) is 0.214. The molecule has 0 amide bonds. The molecule has 198 valence electrons. The molecule has 7 heteroatoms. The van der Waals surface area contributed by atoms with Crippen LogP contribution in [0, 0.1) is 0 Å². The molecule has 4 aromatic rings. The fourth-order valence-corrected chi connectivity index (χ4v) is 4.76. The maximum Gasteiger partial charge on any atom is 0.163 e. The number of aliphatic hydroxyl groups excluding tert-OH is 1. The maximum absolute atomic E-state index is 10.5. The molecule has 0 atom stereocenters. The standard InChI is InChI=1S/C16H15NO3.C16H15NO2/c1-20-16-11-7-8-13(18)15(19)12(11)9-17-14(16)10-5-3-2-4-6-10;1-19-13-8-7-12-10-17-15(16(18)14(12)9-13)11-5-3-2-4-6-11/h2-8,17-19H,9H2,1H3;2-9,17-18H,10H2,1H3. The van der Waals surface area contributed by atoms with Crippen molar-refractivity contribution in [1.29, 1.82) is 0 Å². The molecule has 2 heterocycles. The van der Waals surface area contributed by atoms with E-state index in [1.165, 1.54) is 6.07 Å². The first-order chi connectivity index (χ1) is 19.0. The van der Waals surface area contributed by atoms with Crippen molar-refractivity contribution < 1.29 is 24.8 Å². The molecule has 0 bridgehead atoms. The molecule has 2 aliphatic heterocycles. The Kier molecular flexibility index (Phi) is 7.32. The third-order valence-corrected chi connectivity index (χ3v) is 6.77. The molecule has 7 nitrogen and oxygen atoms in total. The molecule has 6 rings (SSSR count). The summed E-state index contributed by atoms with van der Waals surface area (Å²) in [5, 5.41) is 36.5. The fraction of sp³-hybridized carbons (Fsp3) is 0.125. The molecule has 4 aromatic carbocycles. The number of ether oxygens (including phenoxy) is 2. The maximum atomic E-state index is 10.5. The van der Waals surface area contributed by atoms with Crippen LogP contribution in [0.4, 0.5) is 0 Å². The van der Waals surface area contributed by atoms with Gasteiger partial charge >= 0.3 is 0 Å². The van der Waals surface area contributed by atoms with Crippen LogP contribution in [0.25, 0.3) is 22.9 Å². The zero-order chi connectivity index (χ0) is 27.4. The number of hydrogen-bond acceptors (Lipinski definition) is 7. The molecular weight excluding hydrogens is 492 g/mol. The predicted molar refractivity (Wildman–Crippen MR) is 153 cm³/mol. The van der Waals surface area contributed by atoms with E-state index in [0.717, 1.165) is 45.0 Å². The van der Waals surface area contributed by atoms with E-state index in [9.17, 15) is 15.3 Å². The van der Waals surface area contributed by atoms with Gasteiger partial charge in [-0.25, -0.2) is 0 Å². The minimum Gasteiger partial charge on any atom is -0.505 e. The van der Waals surface area contributed by atoms with Crippen molar-refractivity contribution in [3.05, 3.63) is 124 Å². The van der Waals surface area contributed by atoms with Gasteiger partial charge in [-0.2, -0.15) is 0 Å². The molecule has 0 saturated carbocycles. The van der Waals surface area contributed by atoms with Crippen LogP contribution in [0.2, 0.25) is 0 Å². The highest BCUT2D eigenvalue weighted by molar-refractivity contribution is 5.90. The Labute approximate surface area is 227 Å². The van der Waals surface area contributed by atoms with E-state index in [1.807, 2.05) is 78.9 Å². The van der Waals surface area contributed by atoms with Crippen LogP contribution in [-0.4, -0.2) is 29.5 Å². The Morgan fingerprint density at radius 2 is 1.28 bits per heavy atom. The van der Waals surface area contributed by atoms with Crippen molar-refractivity contribution in [3.8, 4) is 17.2 Å². The lowest BCUT2D eigenvalue weighted by molar-refractivity contribution is 0.364. The third kappa shape index (κ3) is 5.07. The normalized spacial score (nSPS) is 13.7. The lowest BCUT2D eigenvalue weighted by atomic mass is 9.96. The Morgan fingerprint density at radius 1 is 0.641 bits per heavy atom. The number of fused-ring (bicyclic) bond motifs is 2. The van der Waals surface area contributed by atoms with Gasteiger partial charge < -0.3 is 35.4 Å². The summed E-state index contributed by atoms with van der Waals surface area (Å²) >= 11 is 0. The van der Waals surface area contributed by atoms with Crippen LogP contribution in [0.3, 0.4) is 0 Å². The largest absolute Gasteiger partial charge is 0.505 e. The number of rotatable bonds is 4. The zero-order valence-corrected chi connectivity index (χ0v) is 21.7. The second-order valence-electron chi connectivity index (χ2n) is 9.05. The molecule has 0 fully saturated rings. The average molecular weight is 523 g/mol. The highest BCUT2D eigenvalue weighted by atomic mass is 16.5. The van der Waals surface area contributed by atoms with Crippen molar-refractivity contribution in [2.75, 3.05) is 14.2 Å². The lowest BCUT2D eigenvalue weighted by Gasteiger charge is -2.25. The Bertz CT molecular complexity index is 1550. The second kappa shape index (κ2) is 11.1. The molecule has 0 saturated heterocycles. The molecule has 2 aliphatic rings. The predicted octanol–water partition coefficient (Wildman–Crippen LogP) is 5.86. The molecule has 0 aliphatic carbocycles. The number of nitrogens with one attached hydrogen (secondary N) is 2. The smallest absolute Gasteiger partial charge is 0.163 e. The summed E-state index contributed by atoms with van der Waals surface area (Å²) in [6.07, 6.45) is 0. The second-order valence-corrected chi connectivity index (χ2v) is 9.05. The van der Waals surface area contributed by atoms with Gasteiger partial charge in [0.1, 0.15) is 17.3 Å². The van der Waals surface area contributed by atoms with Gasteiger partial charge in [0.05, 0.1) is 25.6 Å². The first-order valence-electron chi connectivity index (χ1n) is 12.5. The van der Waals surface area contributed by atoms with Gasteiger partial charge in [-0.05, 0) is 29.8 Å². The lowest BCUT2D eigenvalue weighted by Crippen LogP contribution is -2.20. The Balaban J connectivity index is 0.000000158. The number of phenols is 2. The number of hydrogen-bond donors (Lipinski definition) is 5. The van der Waals surface area contributed by atoms with Crippen molar-refractivity contribution in [2.24, 2.45) is 0 Å². The summed E-state index contributed by atoms with van der Waals surface area (Å²) in [6, 6.07) is 28.7. The topological polar surface area (TPSA) is 103 Å². The summed E-state index contributed by atoms with van der Waals surface area (Å²) in [4.78, 5) is 0. The van der Waals surface area contributed by atoms with E-state index in [1.54, 1.807) is 20.3 Å². The summed E-state index contributed by atoms with van der Waals surface area (Å²) in [5.74, 6) is 1.46. The molecule has 0 unspecified atom stereocenters. The highest BCUT2D eigenvalue weighted by Crippen LogP contribution is 2.39. The molecule has 39 heavy (non-hydrogen) atoms. The van der Waals surface area contributed by atoms with Crippen molar-refractivity contribution >= 4 is 22.9 Å². The van der Waals surface area contributed by atoms with Crippen molar-refractivity contribution in [2.45, 2.75) is 13.1 Å². The number of phenolic OH excluding ortho intramolecular Hbond substituents is 2. The summed E-state index contributed by atoms with van der Waals surface area (Å²) in [7, 11) is 3.22. The van der Waals surface area contributed by atoms with Crippen LogP contribution in [0.15, 0.2) is 91.0 Å².